The van der Waals surface area contributed by atoms with Gasteiger partial charge in [0, 0.05) is 103 Å². The Labute approximate surface area is 858 Å². The molecule has 4 saturated carbocycles. The van der Waals surface area contributed by atoms with Gasteiger partial charge in [0.2, 0.25) is 11.8 Å². The molecule has 752 valence electrons. The lowest BCUT2D eigenvalue weighted by Gasteiger charge is -2.29. The van der Waals surface area contributed by atoms with E-state index in [1.165, 1.54) is 60.1 Å². The summed E-state index contributed by atoms with van der Waals surface area (Å²) >= 11 is 2.85. The molecule has 12 heterocycles. The van der Waals surface area contributed by atoms with E-state index in [1.807, 2.05) is 119 Å². The molecule has 4 aliphatic carbocycles. The maximum absolute atomic E-state index is 12.7. The maximum atomic E-state index is 12.7. The summed E-state index contributed by atoms with van der Waals surface area (Å²) in [6.07, 6.45) is 28.5. The van der Waals surface area contributed by atoms with Crippen molar-refractivity contribution in [2.45, 2.75) is 193 Å². The lowest BCUT2D eigenvalue weighted by atomic mass is 9.91. The SMILES string of the molecule is C=CC(=O)NC1CCC(n2nc(-c3ccc(C(=O)Nc4cc(C)ccn4)cc3)c3c(N)ncnc32)CC1.C=CC(=O)NC1CCC(n2nc(-c3ccc(C(=O)Nc4ncc(C)s4)cc3)c3c(N)ncnc32)CC1.CC#CC(=O)NC1CCC(n2nc(-c3ccc(C(=O)Nc4cc(C)ccn4)cc3)c3c(N)ncnc32)CC1.CC#CC(=O)NC1CCC(n2nc(-c3ccc(C(=O)Nc4ncc(C)s4)cc3)c3c(N)ncnc32)CC1. The number of nitrogens with one attached hydrogen (secondary N) is 8. The van der Waals surface area contributed by atoms with E-state index in [-0.39, 0.29) is 95.6 Å². The fraction of sp³-hybridized carbons (Fsp3) is 0.283. The summed E-state index contributed by atoms with van der Waals surface area (Å²) in [5, 5.41) is 46.8. The molecule has 0 saturated heterocycles. The van der Waals surface area contributed by atoms with Crippen molar-refractivity contribution < 1.29 is 38.4 Å². The Morgan fingerprint density at radius 1 is 0.338 bits per heavy atom. The average molecular weight is 2020 g/mol. The monoisotopic (exact) mass is 2020 g/mol. The van der Waals surface area contributed by atoms with Gasteiger partial charge in [0.15, 0.2) is 32.9 Å². The Hall–Kier alpha value is -17.8. The van der Waals surface area contributed by atoms with Crippen LogP contribution in [0, 0.1) is 51.4 Å². The first-order valence-electron chi connectivity index (χ1n) is 48.3. The summed E-state index contributed by atoms with van der Waals surface area (Å²) < 4.78 is 7.71. The van der Waals surface area contributed by atoms with Crippen LogP contribution in [0.3, 0.4) is 0 Å². The van der Waals surface area contributed by atoms with Gasteiger partial charge < -0.3 is 54.8 Å². The minimum Gasteiger partial charge on any atom is -0.383 e. The number of thiazole rings is 2. The molecule has 40 nitrogen and oxygen atoms in total. The molecule has 148 heavy (non-hydrogen) atoms. The van der Waals surface area contributed by atoms with Crippen LogP contribution in [0.5, 0.6) is 0 Å². The number of fused-ring (bicyclic) bond motifs is 4. The van der Waals surface area contributed by atoms with Crippen LogP contribution in [0.25, 0.3) is 89.2 Å². The number of carbonyl (C=O) groups excluding carboxylic acids is 8. The maximum Gasteiger partial charge on any atom is 0.296 e. The molecule has 0 unspecified atom stereocenters. The number of nitrogen functional groups attached to an aromatic ring is 4. The Morgan fingerprint density at radius 3 is 0.831 bits per heavy atom. The van der Waals surface area contributed by atoms with Gasteiger partial charge in [-0.3, -0.25) is 49.0 Å². The van der Waals surface area contributed by atoms with Gasteiger partial charge in [-0.2, -0.15) is 20.4 Å². The van der Waals surface area contributed by atoms with E-state index in [0.717, 1.165) is 146 Å². The van der Waals surface area contributed by atoms with Gasteiger partial charge in [-0.25, -0.2) is 78.5 Å². The highest BCUT2D eigenvalue weighted by atomic mass is 32.1. The fourth-order valence-corrected chi connectivity index (χ4v) is 20.0. The number of hydrogen-bond donors (Lipinski definition) is 12. The molecule has 4 fully saturated rings. The molecule has 0 aliphatic heterocycles. The molecule has 0 spiro atoms. The molecule has 16 N–H and O–H groups in total. The predicted molar refractivity (Wildman–Crippen MR) is 569 cm³/mol. The minimum atomic E-state index is -0.248. The highest BCUT2D eigenvalue weighted by Crippen LogP contribution is 2.43. The summed E-state index contributed by atoms with van der Waals surface area (Å²) in [6, 6.07) is 37.1. The van der Waals surface area contributed by atoms with Gasteiger partial charge in [0.05, 0.1) is 45.7 Å². The van der Waals surface area contributed by atoms with E-state index in [9.17, 15) is 38.4 Å². The second-order valence-electron chi connectivity index (χ2n) is 36.3. The van der Waals surface area contributed by atoms with Crippen LogP contribution in [0.15, 0.2) is 197 Å². The first kappa shape index (κ1) is 102. The van der Waals surface area contributed by atoms with E-state index in [1.54, 1.807) is 87.2 Å². The van der Waals surface area contributed by atoms with Gasteiger partial charge in [-0.15, -0.1) is 22.7 Å². The number of nitrogens with two attached hydrogens (primary N) is 4. The highest BCUT2D eigenvalue weighted by molar-refractivity contribution is 7.16. The number of rotatable bonds is 22. The number of anilines is 8. The largest absolute Gasteiger partial charge is 0.383 e. The number of hydrogen-bond acceptors (Lipinski definition) is 30. The molecule has 0 radical (unpaired) electrons. The number of carbonyl (C=O) groups is 8. The summed E-state index contributed by atoms with van der Waals surface area (Å²) in [5.74, 6) is 11.0. The summed E-state index contributed by atoms with van der Waals surface area (Å²) in [5.41, 5.74) is 37.8. The Kier molecular flexibility index (Phi) is 31.8. The summed E-state index contributed by atoms with van der Waals surface area (Å²) in [6.45, 7) is 18.1. The van der Waals surface area contributed by atoms with Crippen molar-refractivity contribution in [3.63, 3.8) is 0 Å². The summed E-state index contributed by atoms with van der Waals surface area (Å²) in [7, 11) is 0. The lowest BCUT2D eigenvalue weighted by molar-refractivity contribution is -0.118. The van der Waals surface area contributed by atoms with Crippen molar-refractivity contribution in [2.75, 3.05) is 44.2 Å². The number of pyridine rings is 2. The molecule has 0 atom stereocenters. The van der Waals surface area contributed by atoms with Gasteiger partial charge in [-0.1, -0.05) is 73.5 Å². The Balaban J connectivity index is 0.000000135. The van der Waals surface area contributed by atoms with E-state index in [4.69, 9.17) is 43.3 Å². The van der Waals surface area contributed by atoms with Crippen LogP contribution < -0.4 is 65.5 Å². The van der Waals surface area contributed by atoms with E-state index in [2.05, 4.69) is 139 Å². The van der Waals surface area contributed by atoms with Crippen molar-refractivity contribution >= 4 is 159 Å². The van der Waals surface area contributed by atoms with Crippen LogP contribution in [-0.4, -0.2) is 170 Å². The normalized spacial score (nSPS) is 17.2. The first-order valence-corrected chi connectivity index (χ1v) is 50.0. The molecular weight excluding hydrogens is 1910 g/mol. The van der Waals surface area contributed by atoms with E-state index in [0.29, 0.717) is 134 Å². The van der Waals surface area contributed by atoms with E-state index < -0.39 is 0 Å². The third-order valence-corrected chi connectivity index (χ3v) is 27.8. The zero-order valence-electron chi connectivity index (χ0n) is 82.0. The topological polar surface area (TPSA) is 563 Å². The van der Waals surface area contributed by atoms with Gasteiger partial charge in [0.1, 0.15) is 83.0 Å². The average Bonchev–Trinajstić information content (AvgIpc) is 1.62. The Morgan fingerprint density at radius 2 is 0.595 bits per heavy atom. The smallest absolute Gasteiger partial charge is 0.296 e. The minimum absolute atomic E-state index is 0.0919. The molecule has 8 amide bonds. The third kappa shape index (κ3) is 24.0. The van der Waals surface area contributed by atoms with Crippen molar-refractivity contribution in [1.29, 1.82) is 0 Å². The van der Waals surface area contributed by atoms with Crippen LogP contribution in [-0.2, 0) is 19.2 Å². The predicted octanol–water partition coefficient (Wildman–Crippen LogP) is 15.1. The lowest BCUT2D eigenvalue weighted by Crippen LogP contribution is -2.37. The molecule has 12 aromatic heterocycles. The van der Waals surface area contributed by atoms with Crippen molar-refractivity contribution in [1.82, 2.24) is 120 Å². The standard InChI is InChI=1S/C28H28N8O2.C27H28N8O2.C26H26N8O2S.C25H26N8O2S/c1-3-4-23(37)33-20-9-11-21(12-10-20)36-27-24(26(29)31-16-32-27)25(35-36)18-5-7-19(8-6-18)28(38)34-22-15-17(2)13-14-30-22;1-3-22(36)32-19-8-10-20(11-9-19)35-26-23(25(28)30-15-31-26)24(34-35)17-4-6-18(7-5-17)27(37)33-21-14-16(2)12-13-29-21;1-3-4-20(35)31-18-9-11-19(12-10-18)34-24-21(23(27)29-14-30-24)22(33-34)16-5-7-17(8-6-16)25(36)32-26-28-13-15(2)37-26;1-3-19(34)30-17-8-10-18(11-9-17)33-23-20(22(26)28-13-29-23)21(32-33)15-4-6-16(7-5-15)24(35)31-25-27-12-14(2)36-25/h5-8,13-16,20-21H,9-12H2,1-2H3,(H,33,37)(H2,29,31,32)(H,30,34,38);3-7,12-15,19-20H,1,8-11H2,2H3,(H,32,36)(H2,28,30,31)(H,29,33,37);5-8,13-14,18-19H,9-12H2,1-2H3,(H,31,35)(H2,27,29,30)(H,28,32,36);3-7,12-13,17-18H,1,8-11H2,2H3,(H,30,34)(H2,26,28,29)(H,27,31,35). The zero-order valence-corrected chi connectivity index (χ0v) is 83.6. The summed E-state index contributed by atoms with van der Waals surface area (Å²) in [4.78, 5) is 151. The Bertz CT molecular complexity index is 7810. The van der Waals surface area contributed by atoms with Gasteiger partial charge in [0.25, 0.3) is 35.4 Å². The number of aryl methyl sites for hydroxylation is 4. The van der Waals surface area contributed by atoms with Crippen molar-refractivity contribution in [3.05, 3.63) is 240 Å². The molecule has 4 aliphatic rings. The van der Waals surface area contributed by atoms with Gasteiger partial charge >= 0.3 is 0 Å². The molecule has 4 aromatic carbocycles. The van der Waals surface area contributed by atoms with Gasteiger partial charge in [-0.05, 0) is 252 Å². The van der Waals surface area contributed by atoms with Crippen LogP contribution in [0.4, 0.5) is 45.2 Å². The van der Waals surface area contributed by atoms with Crippen molar-refractivity contribution in [2.24, 2.45) is 0 Å². The second-order valence-corrected chi connectivity index (χ2v) is 38.7. The number of aromatic nitrogens is 20. The van der Waals surface area contributed by atoms with Crippen LogP contribution in [0.2, 0.25) is 0 Å². The number of amides is 8. The number of nitrogens with zero attached hydrogens (tertiary/aromatic N) is 20. The molecule has 0 bridgehead atoms. The molecule has 20 rings (SSSR count). The fourth-order valence-electron chi connectivity index (χ4n) is 18.7. The first-order chi connectivity index (χ1) is 71.7. The van der Waals surface area contributed by atoms with Crippen LogP contribution in [0.1, 0.15) is 203 Å². The third-order valence-electron chi connectivity index (χ3n) is 26.1. The number of benzene rings is 4. The molecule has 16 aromatic rings. The van der Waals surface area contributed by atoms with Crippen LogP contribution >= 0.6 is 22.7 Å². The second kappa shape index (κ2) is 46.3. The quantitative estimate of drug-likeness (QED) is 0.0221. The zero-order chi connectivity index (χ0) is 104. The molecule has 42 heteroatoms. The van der Waals surface area contributed by atoms with Crippen molar-refractivity contribution in [3.8, 4) is 68.7 Å². The van der Waals surface area contributed by atoms with E-state index >= 15 is 0 Å². The molecular formula is C106H108N32O8S2. The highest BCUT2D eigenvalue weighted by Gasteiger charge is 2.34.